The van der Waals surface area contributed by atoms with Crippen LogP contribution in [0.2, 0.25) is 0 Å². The van der Waals surface area contributed by atoms with E-state index in [-0.39, 0.29) is 32.1 Å². The van der Waals surface area contributed by atoms with Gasteiger partial charge in [0, 0.05) is 24.7 Å². The number of rotatable bonds is 18. The second-order valence-electron chi connectivity index (χ2n) is 7.90. The highest BCUT2D eigenvalue weighted by atomic mass is 32.2. The fraction of sp³-hybridized carbons (Fsp3) is 0.619. The largest absolute Gasteiger partial charge is 0.481 e. The summed E-state index contributed by atoms with van der Waals surface area (Å²) >= 11 is 2.90. The van der Waals surface area contributed by atoms with E-state index >= 15 is 0 Å². The average Bonchev–Trinajstić information content (AvgIpc) is 3.34. The van der Waals surface area contributed by atoms with Crippen LogP contribution in [0.15, 0.2) is 12.5 Å². The van der Waals surface area contributed by atoms with Gasteiger partial charge >= 0.3 is 11.9 Å². The Morgan fingerprint density at radius 2 is 1.47 bits per heavy atom. The SMILES string of the molecule is CSCCC(NC(=O)C(CCSC)NC(=O)C(Cc1cnc[nH]1)NC(=O)C(N)CCC(=O)O)C(=O)O. The molecule has 0 saturated heterocycles. The molecule has 0 radical (unpaired) electrons. The molecule has 0 fully saturated rings. The molecule has 0 aliphatic carbocycles. The first kappa shape index (κ1) is 31.3. The average molecular weight is 547 g/mol. The Morgan fingerprint density at radius 3 is 2.00 bits per heavy atom. The number of carbonyl (C=O) groups excluding carboxylic acids is 3. The van der Waals surface area contributed by atoms with Gasteiger partial charge in [-0.2, -0.15) is 23.5 Å². The van der Waals surface area contributed by atoms with Crippen LogP contribution >= 0.6 is 23.5 Å². The van der Waals surface area contributed by atoms with E-state index in [1.807, 2.05) is 12.5 Å². The molecule has 0 bridgehead atoms. The molecule has 15 heteroatoms. The Balaban J connectivity index is 2.99. The number of carbonyl (C=O) groups is 5. The fourth-order valence-electron chi connectivity index (χ4n) is 3.06. The molecule has 8 N–H and O–H groups in total. The van der Waals surface area contributed by atoms with Crippen LogP contribution in [0.25, 0.3) is 0 Å². The summed E-state index contributed by atoms with van der Waals surface area (Å²) in [7, 11) is 0. The molecule has 0 aromatic carbocycles. The van der Waals surface area contributed by atoms with Gasteiger partial charge in [0.05, 0.1) is 12.4 Å². The van der Waals surface area contributed by atoms with Crippen LogP contribution in [0, 0.1) is 0 Å². The third-order valence-corrected chi connectivity index (χ3v) is 6.37. The summed E-state index contributed by atoms with van der Waals surface area (Å²) in [6, 6.07) is -4.44. The first-order valence-corrected chi connectivity index (χ1v) is 13.9. The lowest BCUT2D eigenvalue weighted by Gasteiger charge is -2.25. The van der Waals surface area contributed by atoms with Crippen LogP contribution in [0.1, 0.15) is 31.4 Å². The Bertz CT molecular complexity index is 871. The number of hydrogen-bond acceptors (Lipinski definition) is 9. The van der Waals surface area contributed by atoms with Gasteiger partial charge in [-0.1, -0.05) is 0 Å². The summed E-state index contributed by atoms with van der Waals surface area (Å²) in [5, 5.41) is 25.9. The molecular weight excluding hydrogens is 512 g/mol. The molecule has 1 aromatic rings. The molecular formula is C21H34N6O7S2. The normalized spacial score (nSPS) is 14.2. The Hall–Kier alpha value is -2.78. The number of H-pyrrole nitrogens is 1. The minimum absolute atomic E-state index is 0.00552. The van der Waals surface area contributed by atoms with E-state index < -0.39 is 53.8 Å². The summed E-state index contributed by atoms with van der Waals surface area (Å²) in [5.41, 5.74) is 6.30. The zero-order valence-electron chi connectivity index (χ0n) is 20.2. The standard InChI is InChI=1S/C21H34N6O7S2/c1-35-7-5-14(19(31)26-15(21(33)34)6-8-36-2)25-20(32)16(9-12-10-23-11-24-12)27-18(30)13(22)3-4-17(28)29/h10-11,13-16H,3-9,22H2,1-2H3,(H,23,24)(H,25,32)(H,26,31)(H,27,30)(H,28,29)(H,33,34). The maximum Gasteiger partial charge on any atom is 0.326 e. The van der Waals surface area contributed by atoms with Gasteiger partial charge in [0.25, 0.3) is 0 Å². The topological polar surface area (TPSA) is 217 Å². The van der Waals surface area contributed by atoms with Gasteiger partial charge in [0.15, 0.2) is 0 Å². The van der Waals surface area contributed by atoms with Gasteiger partial charge in [-0.05, 0) is 43.3 Å². The van der Waals surface area contributed by atoms with Crippen molar-refractivity contribution in [2.75, 3.05) is 24.0 Å². The Kier molecular flexibility index (Phi) is 14.6. The lowest BCUT2D eigenvalue weighted by Crippen LogP contribution is -2.57. The van der Waals surface area contributed by atoms with Crippen molar-refractivity contribution in [3.63, 3.8) is 0 Å². The predicted molar refractivity (Wildman–Crippen MR) is 137 cm³/mol. The number of nitrogens with one attached hydrogen (secondary N) is 4. The molecule has 202 valence electrons. The summed E-state index contributed by atoms with van der Waals surface area (Å²) in [6.07, 6.45) is 6.55. The molecule has 4 unspecified atom stereocenters. The Labute approximate surface area is 217 Å². The lowest BCUT2D eigenvalue weighted by molar-refractivity contribution is -0.142. The predicted octanol–water partition coefficient (Wildman–Crippen LogP) is -0.810. The molecule has 1 aromatic heterocycles. The van der Waals surface area contributed by atoms with Gasteiger partial charge in [-0.25, -0.2) is 9.78 Å². The van der Waals surface area contributed by atoms with Crippen LogP contribution in [0.5, 0.6) is 0 Å². The fourth-order valence-corrected chi connectivity index (χ4v) is 4.00. The zero-order valence-corrected chi connectivity index (χ0v) is 21.8. The van der Waals surface area contributed by atoms with Crippen molar-refractivity contribution in [3.8, 4) is 0 Å². The molecule has 3 amide bonds. The van der Waals surface area contributed by atoms with E-state index in [1.165, 1.54) is 36.0 Å². The number of imidazole rings is 1. The molecule has 0 spiro atoms. The number of aromatic amines is 1. The molecule has 4 atom stereocenters. The summed E-state index contributed by atoms with van der Waals surface area (Å²) < 4.78 is 0. The number of thioether (sulfide) groups is 2. The number of aliphatic carboxylic acids is 2. The monoisotopic (exact) mass is 546 g/mol. The van der Waals surface area contributed by atoms with Crippen molar-refractivity contribution < 1.29 is 34.2 Å². The number of hydrogen-bond donors (Lipinski definition) is 7. The van der Waals surface area contributed by atoms with Crippen molar-refractivity contribution >= 4 is 53.2 Å². The van der Waals surface area contributed by atoms with Crippen LogP contribution in [0.4, 0.5) is 0 Å². The zero-order chi connectivity index (χ0) is 27.1. The second-order valence-corrected chi connectivity index (χ2v) is 9.88. The summed E-state index contributed by atoms with van der Waals surface area (Å²) in [4.78, 5) is 67.6. The molecule has 36 heavy (non-hydrogen) atoms. The van der Waals surface area contributed by atoms with E-state index in [0.717, 1.165) is 0 Å². The van der Waals surface area contributed by atoms with Crippen molar-refractivity contribution in [1.82, 2.24) is 25.9 Å². The van der Waals surface area contributed by atoms with Gasteiger partial charge in [0.2, 0.25) is 17.7 Å². The van der Waals surface area contributed by atoms with E-state index in [4.69, 9.17) is 10.8 Å². The van der Waals surface area contributed by atoms with Crippen molar-refractivity contribution in [2.24, 2.45) is 5.73 Å². The van der Waals surface area contributed by atoms with Crippen LogP contribution in [-0.2, 0) is 30.4 Å². The lowest BCUT2D eigenvalue weighted by atomic mass is 10.1. The van der Waals surface area contributed by atoms with Gasteiger partial charge < -0.3 is 36.9 Å². The minimum atomic E-state index is -1.17. The number of carboxylic acid groups (broad SMARTS) is 2. The third kappa shape index (κ3) is 11.8. The molecule has 0 aliphatic rings. The van der Waals surface area contributed by atoms with Crippen LogP contribution < -0.4 is 21.7 Å². The molecule has 1 rings (SSSR count). The molecule has 0 saturated carbocycles. The molecule has 13 nitrogen and oxygen atoms in total. The number of nitrogens with two attached hydrogens (primary N) is 1. The smallest absolute Gasteiger partial charge is 0.326 e. The van der Waals surface area contributed by atoms with E-state index in [1.54, 1.807) is 0 Å². The minimum Gasteiger partial charge on any atom is -0.481 e. The number of carboxylic acids is 2. The third-order valence-electron chi connectivity index (χ3n) is 5.09. The summed E-state index contributed by atoms with van der Waals surface area (Å²) in [6.45, 7) is 0. The van der Waals surface area contributed by atoms with Crippen molar-refractivity contribution in [1.29, 1.82) is 0 Å². The maximum atomic E-state index is 13.2. The highest BCUT2D eigenvalue weighted by Gasteiger charge is 2.30. The first-order chi connectivity index (χ1) is 17.1. The van der Waals surface area contributed by atoms with E-state index in [9.17, 15) is 29.1 Å². The van der Waals surface area contributed by atoms with Gasteiger partial charge in [-0.3, -0.25) is 19.2 Å². The van der Waals surface area contributed by atoms with Gasteiger partial charge in [-0.15, -0.1) is 0 Å². The highest BCUT2D eigenvalue weighted by Crippen LogP contribution is 2.07. The first-order valence-electron chi connectivity index (χ1n) is 11.1. The number of aromatic nitrogens is 2. The molecule has 0 aliphatic heterocycles. The number of nitrogens with zero attached hydrogens (tertiary/aromatic N) is 1. The van der Waals surface area contributed by atoms with Crippen LogP contribution in [-0.4, -0.2) is 98.0 Å². The van der Waals surface area contributed by atoms with Crippen molar-refractivity contribution in [3.05, 3.63) is 18.2 Å². The Morgan fingerprint density at radius 1 is 0.917 bits per heavy atom. The van der Waals surface area contributed by atoms with Crippen LogP contribution in [0.3, 0.4) is 0 Å². The second kappa shape index (κ2) is 16.8. The van der Waals surface area contributed by atoms with E-state index in [2.05, 4.69) is 25.9 Å². The quantitative estimate of drug-likeness (QED) is 0.121. The van der Waals surface area contributed by atoms with Crippen molar-refractivity contribution in [2.45, 2.75) is 56.3 Å². The number of amides is 3. The van der Waals surface area contributed by atoms with Gasteiger partial charge in [0.1, 0.15) is 18.1 Å². The highest BCUT2D eigenvalue weighted by molar-refractivity contribution is 7.98. The molecule has 1 heterocycles. The maximum absolute atomic E-state index is 13.2. The summed E-state index contributed by atoms with van der Waals surface area (Å²) in [5.74, 6) is -3.28. The van der Waals surface area contributed by atoms with E-state index in [0.29, 0.717) is 17.2 Å².